The number of aliphatic hydroxyl groups is 3. The van der Waals surface area contributed by atoms with Gasteiger partial charge in [0.25, 0.3) is 0 Å². The Balaban J connectivity index is 1.86. The van der Waals surface area contributed by atoms with Crippen molar-refractivity contribution in [1.29, 1.82) is 0 Å². The second-order valence-electron chi connectivity index (χ2n) is 8.39. The molecule has 1 saturated heterocycles. The van der Waals surface area contributed by atoms with Crippen molar-refractivity contribution in [1.82, 2.24) is 0 Å². The van der Waals surface area contributed by atoms with E-state index in [4.69, 9.17) is 9.47 Å². The summed E-state index contributed by atoms with van der Waals surface area (Å²) >= 11 is 0. The molecule has 1 rings (SSSR count). The van der Waals surface area contributed by atoms with Crippen molar-refractivity contribution in [3.8, 4) is 0 Å². The number of hydrogen-bond donors (Lipinski definition) is 3. The van der Waals surface area contributed by atoms with Crippen molar-refractivity contribution < 1.29 is 24.8 Å². The lowest BCUT2D eigenvalue weighted by Gasteiger charge is -2.37. The van der Waals surface area contributed by atoms with E-state index in [9.17, 15) is 15.3 Å². The predicted molar refractivity (Wildman–Crippen MR) is 118 cm³/mol. The Hall–Kier alpha value is -0.460. The molecule has 3 N–H and O–H groups in total. The van der Waals surface area contributed by atoms with E-state index in [1.807, 2.05) is 0 Å². The van der Waals surface area contributed by atoms with Crippen molar-refractivity contribution in [2.75, 3.05) is 19.8 Å². The summed E-state index contributed by atoms with van der Waals surface area (Å²) < 4.78 is 11.0. The molecule has 0 saturated carbocycles. The van der Waals surface area contributed by atoms with Gasteiger partial charge in [-0.1, -0.05) is 76.9 Å². The van der Waals surface area contributed by atoms with Gasteiger partial charge >= 0.3 is 0 Å². The second kappa shape index (κ2) is 18.3. The summed E-state index contributed by atoms with van der Waals surface area (Å²) in [7, 11) is 0. The summed E-state index contributed by atoms with van der Waals surface area (Å²) in [6, 6.07) is 0. The Kier molecular flexibility index (Phi) is 16.8. The van der Waals surface area contributed by atoms with Gasteiger partial charge in [-0.2, -0.15) is 0 Å². The van der Waals surface area contributed by atoms with Gasteiger partial charge in [-0.05, 0) is 32.1 Å². The minimum atomic E-state index is -0.988. The molecule has 1 aliphatic rings. The van der Waals surface area contributed by atoms with Gasteiger partial charge in [-0.3, -0.25) is 0 Å². The van der Waals surface area contributed by atoms with Crippen molar-refractivity contribution in [2.24, 2.45) is 0 Å². The van der Waals surface area contributed by atoms with Crippen LogP contribution in [0.15, 0.2) is 12.2 Å². The molecule has 1 aliphatic heterocycles. The summed E-state index contributed by atoms with van der Waals surface area (Å²) in [5.74, 6) is 0. The van der Waals surface area contributed by atoms with E-state index in [1.165, 1.54) is 77.0 Å². The van der Waals surface area contributed by atoms with Gasteiger partial charge < -0.3 is 24.8 Å². The first-order valence-electron chi connectivity index (χ1n) is 12.1. The van der Waals surface area contributed by atoms with E-state index >= 15 is 0 Å². The van der Waals surface area contributed by atoms with Crippen LogP contribution in [0.2, 0.25) is 0 Å². The third-order valence-corrected chi connectivity index (χ3v) is 5.72. The van der Waals surface area contributed by atoms with Crippen LogP contribution in [-0.4, -0.2) is 59.6 Å². The summed E-state index contributed by atoms with van der Waals surface area (Å²) in [5, 5.41) is 29.0. The number of unbranched alkanes of at least 4 members (excludes halogenated alkanes) is 12. The average molecular weight is 415 g/mol. The van der Waals surface area contributed by atoms with Gasteiger partial charge in [0, 0.05) is 6.61 Å². The normalized spacial score (nSPS) is 25.1. The van der Waals surface area contributed by atoms with Gasteiger partial charge in [0.2, 0.25) is 0 Å². The zero-order chi connectivity index (χ0) is 21.2. The van der Waals surface area contributed by atoms with Crippen LogP contribution in [0.5, 0.6) is 0 Å². The van der Waals surface area contributed by atoms with E-state index in [0.717, 1.165) is 12.8 Å². The average Bonchev–Trinajstić information content (AvgIpc) is 2.73. The third-order valence-electron chi connectivity index (χ3n) is 5.72. The molecule has 0 spiro atoms. The van der Waals surface area contributed by atoms with E-state index < -0.39 is 24.4 Å². The maximum absolute atomic E-state index is 10.0. The molecule has 1 heterocycles. The molecule has 29 heavy (non-hydrogen) atoms. The Morgan fingerprint density at radius 3 is 1.97 bits per heavy atom. The lowest BCUT2D eigenvalue weighted by molar-refractivity contribution is -0.211. The summed E-state index contributed by atoms with van der Waals surface area (Å²) in [6.45, 7) is 2.62. The fraction of sp³-hybridized carbons (Fsp3) is 0.917. The highest BCUT2D eigenvalue weighted by Crippen LogP contribution is 2.19. The number of aliphatic hydroxyl groups excluding tert-OH is 3. The first-order valence-corrected chi connectivity index (χ1v) is 12.1. The van der Waals surface area contributed by atoms with E-state index in [2.05, 4.69) is 19.1 Å². The Labute approximate surface area is 178 Å². The van der Waals surface area contributed by atoms with Gasteiger partial charge in [0.05, 0.1) is 13.2 Å². The van der Waals surface area contributed by atoms with Crippen LogP contribution in [0.4, 0.5) is 0 Å². The zero-order valence-electron chi connectivity index (χ0n) is 18.6. The quantitative estimate of drug-likeness (QED) is 0.227. The molecule has 0 aromatic heterocycles. The molecule has 0 aromatic rings. The van der Waals surface area contributed by atoms with Crippen molar-refractivity contribution in [3.05, 3.63) is 12.2 Å². The number of allylic oxidation sites excluding steroid dienone is 2. The molecule has 0 aliphatic carbocycles. The molecule has 1 fully saturated rings. The smallest absolute Gasteiger partial charge is 0.114 e. The summed E-state index contributed by atoms with van der Waals surface area (Å²) in [5.41, 5.74) is 0. The highest BCUT2D eigenvalue weighted by atomic mass is 16.6. The first-order chi connectivity index (χ1) is 14.2. The Morgan fingerprint density at radius 1 is 0.828 bits per heavy atom. The highest BCUT2D eigenvalue weighted by Gasteiger charge is 2.39. The van der Waals surface area contributed by atoms with Crippen LogP contribution in [0.3, 0.4) is 0 Å². The molecular weight excluding hydrogens is 368 g/mol. The maximum Gasteiger partial charge on any atom is 0.114 e. The topological polar surface area (TPSA) is 79.2 Å². The Bertz CT molecular complexity index is 385. The second-order valence-corrected chi connectivity index (χ2v) is 8.39. The van der Waals surface area contributed by atoms with Crippen LogP contribution in [0.25, 0.3) is 0 Å². The van der Waals surface area contributed by atoms with Gasteiger partial charge in [-0.25, -0.2) is 0 Å². The van der Waals surface area contributed by atoms with E-state index in [-0.39, 0.29) is 13.2 Å². The maximum atomic E-state index is 10.0. The van der Waals surface area contributed by atoms with E-state index in [1.54, 1.807) is 0 Å². The largest absolute Gasteiger partial charge is 0.394 e. The van der Waals surface area contributed by atoms with Crippen molar-refractivity contribution in [2.45, 2.75) is 121 Å². The van der Waals surface area contributed by atoms with Crippen molar-refractivity contribution >= 4 is 0 Å². The Morgan fingerprint density at radius 2 is 1.38 bits per heavy atom. The van der Waals surface area contributed by atoms with Crippen LogP contribution in [0.1, 0.15) is 96.8 Å². The minimum Gasteiger partial charge on any atom is -0.394 e. The fourth-order valence-corrected chi connectivity index (χ4v) is 3.79. The molecule has 0 radical (unpaired) electrons. The SMILES string of the molecule is CCCCC/C=C/CCCCCCCCCCCO[C@H]1[C@H](O)[C@@H](O)CO[C@@H]1CO. The van der Waals surface area contributed by atoms with Crippen molar-refractivity contribution in [3.63, 3.8) is 0 Å². The van der Waals surface area contributed by atoms with Crippen LogP contribution in [0, 0.1) is 0 Å². The third kappa shape index (κ3) is 12.7. The van der Waals surface area contributed by atoms with Crippen LogP contribution in [-0.2, 0) is 9.47 Å². The summed E-state index contributed by atoms with van der Waals surface area (Å²) in [4.78, 5) is 0. The lowest BCUT2D eigenvalue weighted by atomic mass is 10.0. The minimum absolute atomic E-state index is 0.0437. The standard InChI is InChI=1S/C24H46O5/c1-2-3-4-5-6-7-8-9-10-11-12-13-14-15-16-17-18-28-24-22(19-25)29-20-21(26)23(24)27/h6-7,21-27H,2-5,8-20H2,1H3/b7-6+/t21-,22+,23+,24+/m0/s1. The monoisotopic (exact) mass is 414 g/mol. The molecule has 0 bridgehead atoms. The summed E-state index contributed by atoms with van der Waals surface area (Å²) in [6.07, 6.45) is 19.2. The van der Waals surface area contributed by atoms with Gasteiger partial charge in [-0.15, -0.1) is 0 Å². The predicted octanol–water partition coefficient (Wildman–Crippen LogP) is 4.52. The molecule has 172 valence electrons. The molecule has 0 unspecified atom stereocenters. The molecule has 5 heteroatoms. The van der Waals surface area contributed by atoms with Crippen LogP contribution >= 0.6 is 0 Å². The molecule has 0 amide bonds. The number of hydrogen-bond acceptors (Lipinski definition) is 5. The van der Waals surface area contributed by atoms with Gasteiger partial charge in [0.15, 0.2) is 0 Å². The van der Waals surface area contributed by atoms with Crippen LogP contribution < -0.4 is 0 Å². The first kappa shape index (κ1) is 26.6. The number of rotatable bonds is 18. The molecular formula is C24H46O5. The number of ether oxygens (including phenoxy) is 2. The van der Waals surface area contributed by atoms with E-state index in [0.29, 0.717) is 6.61 Å². The fourth-order valence-electron chi connectivity index (χ4n) is 3.79. The molecule has 4 atom stereocenters. The zero-order valence-corrected chi connectivity index (χ0v) is 18.6. The lowest BCUT2D eigenvalue weighted by Crippen LogP contribution is -2.55. The molecule has 5 nitrogen and oxygen atoms in total. The highest BCUT2D eigenvalue weighted by molar-refractivity contribution is 4.87. The molecule has 0 aromatic carbocycles. The van der Waals surface area contributed by atoms with Gasteiger partial charge in [0.1, 0.15) is 24.4 Å².